The lowest BCUT2D eigenvalue weighted by molar-refractivity contribution is 0.274. The summed E-state index contributed by atoms with van der Waals surface area (Å²) in [5, 5.41) is 9.16. The molecule has 0 radical (unpaired) electrons. The van der Waals surface area contributed by atoms with Gasteiger partial charge < -0.3 is 9.47 Å². The highest BCUT2D eigenvalue weighted by Crippen LogP contribution is 2.39. The molecule has 4 rings (SSSR count). The molecular weight excluding hydrogens is 430 g/mol. The number of aryl methyl sites for hydroxylation is 2. The smallest absolute Gasteiger partial charge is 0.258 e. The number of sulfonamides is 1. The van der Waals surface area contributed by atoms with Crippen LogP contribution in [0.1, 0.15) is 29.7 Å². The fourth-order valence-corrected chi connectivity index (χ4v) is 3.59. The van der Waals surface area contributed by atoms with Gasteiger partial charge in [-0.2, -0.15) is 5.26 Å². The quantitative estimate of drug-likeness (QED) is 0.576. The third kappa shape index (κ3) is 5.12. The van der Waals surface area contributed by atoms with Crippen molar-refractivity contribution in [1.29, 1.82) is 5.26 Å². The van der Waals surface area contributed by atoms with Crippen molar-refractivity contribution >= 4 is 15.7 Å². The van der Waals surface area contributed by atoms with Crippen LogP contribution in [0.2, 0.25) is 0 Å². The summed E-state index contributed by atoms with van der Waals surface area (Å²) in [6, 6.07) is 8.71. The Morgan fingerprint density at radius 3 is 2.59 bits per heavy atom. The molecule has 0 aromatic carbocycles. The molecule has 1 aliphatic carbocycles. The Kier molecular flexibility index (Phi) is 5.67. The van der Waals surface area contributed by atoms with Crippen molar-refractivity contribution in [2.75, 3.05) is 11.0 Å². The Balaban J connectivity index is 1.80. The van der Waals surface area contributed by atoms with Gasteiger partial charge in [-0.25, -0.2) is 18.4 Å². The van der Waals surface area contributed by atoms with E-state index in [-0.39, 0.29) is 17.7 Å². The normalized spacial score (nSPS) is 13.3. The van der Waals surface area contributed by atoms with E-state index >= 15 is 0 Å². The number of nitrogens with one attached hydrogen (secondary N) is 1. The second-order valence-electron chi connectivity index (χ2n) is 7.63. The third-order valence-corrected chi connectivity index (χ3v) is 5.17. The predicted molar refractivity (Wildman–Crippen MR) is 118 cm³/mol. The molecule has 1 saturated carbocycles. The van der Waals surface area contributed by atoms with Crippen molar-refractivity contribution < 1.29 is 17.9 Å². The molecular formula is C22H21N5O4S. The van der Waals surface area contributed by atoms with Gasteiger partial charge >= 0.3 is 0 Å². The third-order valence-electron chi connectivity index (χ3n) is 4.58. The van der Waals surface area contributed by atoms with E-state index < -0.39 is 10.0 Å². The number of hydrogen-bond acceptors (Lipinski definition) is 8. The number of ether oxygens (including phenoxy) is 2. The Morgan fingerprint density at radius 2 is 1.91 bits per heavy atom. The van der Waals surface area contributed by atoms with Gasteiger partial charge in [-0.05, 0) is 56.5 Å². The SMILES string of the molecule is Cc1cc(C)c(Oc2nc(-c3cncc(C#N)c3)ccc2NS(C)(=O)=O)c(OC2CC2)n1. The first-order valence-corrected chi connectivity index (χ1v) is 11.8. The minimum absolute atomic E-state index is 0.0321. The van der Waals surface area contributed by atoms with E-state index in [4.69, 9.17) is 14.7 Å². The highest BCUT2D eigenvalue weighted by Gasteiger charge is 2.27. The molecule has 0 saturated heterocycles. The van der Waals surface area contributed by atoms with Gasteiger partial charge in [0, 0.05) is 23.7 Å². The maximum Gasteiger partial charge on any atom is 0.258 e. The van der Waals surface area contributed by atoms with Gasteiger partial charge in [0.15, 0.2) is 5.75 Å². The molecule has 0 spiro atoms. The summed E-state index contributed by atoms with van der Waals surface area (Å²) in [4.78, 5) is 13.0. The summed E-state index contributed by atoms with van der Waals surface area (Å²) in [7, 11) is -3.59. The number of anilines is 1. The lowest BCUT2D eigenvalue weighted by atomic mass is 10.1. The molecule has 10 heteroatoms. The van der Waals surface area contributed by atoms with E-state index in [1.165, 1.54) is 6.20 Å². The van der Waals surface area contributed by atoms with Gasteiger partial charge in [0.25, 0.3) is 5.88 Å². The molecule has 9 nitrogen and oxygen atoms in total. The number of rotatable bonds is 7. The molecule has 0 unspecified atom stereocenters. The molecule has 1 N–H and O–H groups in total. The van der Waals surface area contributed by atoms with Gasteiger partial charge in [0.05, 0.1) is 17.5 Å². The van der Waals surface area contributed by atoms with E-state index in [1.807, 2.05) is 26.0 Å². The summed E-state index contributed by atoms with van der Waals surface area (Å²) in [6.45, 7) is 3.72. The second-order valence-corrected chi connectivity index (χ2v) is 9.38. The van der Waals surface area contributed by atoms with Crippen LogP contribution in [0.25, 0.3) is 11.3 Å². The molecule has 0 aliphatic heterocycles. The van der Waals surface area contributed by atoms with Gasteiger partial charge in [-0.3, -0.25) is 9.71 Å². The maximum absolute atomic E-state index is 11.9. The monoisotopic (exact) mass is 451 g/mol. The zero-order valence-electron chi connectivity index (χ0n) is 17.8. The average molecular weight is 452 g/mol. The molecule has 164 valence electrons. The summed E-state index contributed by atoms with van der Waals surface area (Å²) in [6.07, 6.45) is 6.06. The van der Waals surface area contributed by atoms with Crippen LogP contribution >= 0.6 is 0 Å². The van der Waals surface area contributed by atoms with Crippen LogP contribution in [0.3, 0.4) is 0 Å². The summed E-state index contributed by atoms with van der Waals surface area (Å²) in [5.41, 5.74) is 3.15. The molecule has 3 aromatic heterocycles. The van der Waals surface area contributed by atoms with E-state index in [9.17, 15) is 8.42 Å². The van der Waals surface area contributed by atoms with Crippen molar-refractivity contribution in [3.8, 4) is 34.8 Å². The highest BCUT2D eigenvalue weighted by atomic mass is 32.2. The standard InChI is InChI=1S/C22H21N5O4S/c1-13-8-14(2)25-22(30-17-4-5-17)20(13)31-21-19(27-32(3,28)29)7-6-18(26-21)16-9-15(10-23)11-24-12-16/h6-9,11-12,17,27H,4-5H2,1-3H3. The van der Waals surface area contributed by atoms with Crippen LogP contribution in [0.5, 0.6) is 17.5 Å². The average Bonchev–Trinajstić information content (AvgIpc) is 3.54. The molecule has 0 atom stereocenters. The largest absolute Gasteiger partial charge is 0.472 e. The van der Waals surface area contributed by atoms with Crippen molar-refractivity contribution in [2.45, 2.75) is 32.8 Å². The molecule has 3 aromatic rings. The Morgan fingerprint density at radius 1 is 1.12 bits per heavy atom. The van der Waals surface area contributed by atoms with Crippen LogP contribution in [-0.4, -0.2) is 35.7 Å². The number of hydrogen-bond donors (Lipinski definition) is 1. The first-order chi connectivity index (χ1) is 15.2. The van der Waals surface area contributed by atoms with Crippen LogP contribution < -0.4 is 14.2 Å². The van der Waals surface area contributed by atoms with Gasteiger partial charge in [0.2, 0.25) is 15.9 Å². The van der Waals surface area contributed by atoms with E-state index in [0.29, 0.717) is 28.5 Å². The fourth-order valence-electron chi connectivity index (χ4n) is 3.03. The van der Waals surface area contributed by atoms with E-state index in [0.717, 1.165) is 30.4 Å². The minimum Gasteiger partial charge on any atom is -0.472 e. The highest BCUT2D eigenvalue weighted by molar-refractivity contribution is 7.92. The molecule has 1 fully saturated rings. The number of aromatic nitrogens is 3. The topological polar surface area (TPSA) is 127 Å². The summed E-state index contributed by atoms with van der Waals surface area (Å²) < 4.78 is 38.3. The van der Waals surface area contributed by atoms with Gasteiger partial charge in [0.1, 0.15) is 17.9 Å². The van der Waals surface area contributed by atoms with E-state index in [1.54, 1.807) is 24.4 Å². The van der Waals surface area contributed by atoms with E-state index in [2.05, 4.69) is 19.7 Å². The maximum atomic E-state index is 11.9. The van der Waals surface area contributed by atoms with Crippen LogP contribution in [-0.2, 0) is 10.0 Å². The molecule has 1 aliphatic rings. The van der Waals surface area contributed by atoms with Crippen molar-refractivity contribution in [3.63, 3.8) is 0 Å². The minimum atomic E-state index is -3.59. The first-order valence-electron chi connectivity index (χ1n) is 9.89. The summed E-state index contributed by atoms with van der Waals surface area (Å²) in [5.74, 6) is 0.743. The van der Waals surface area contributed by atoms with Crippen molar-refractivity contribution in [1.82, 2.24) is 15.0 Å². The lowest BCUT2D eigenvalue weighted by Gasteiger charge is -2.17. The Labute approximate surface area is 186 Å². The van der Waals surface area contributed by atoms with Gasteiger partial charge in [-0.15, -0.1) is 0 Å². The Bertz CT molecular complexity index is 1330. The fraction of sp³-hybridized carbons (Fsp3) is 0.273. The molecule has 0 bridgehead atoms. The van der Waals surface area contributed by atoms with Gasteiger partial charge in [-0.1, -0.05) is 0 Å². The number of nitriles is 1. The van der Waals surface area contributed by atoms with Crippen LogP contribution in [0.4, 0.5) is 5.69 Å². The molecule has 0 amide bonds. The molecule has 3 heterocycles. The van der Waals surface area contributed by atoms with Crippen LogP contribution in [0, 0.1) is 25.2 Å². The number of pyridine rings is 3. The lowest BCUT2D eigenvalue weighted by Crippen LogP contribution is -2.11. The zero-order valence-corrected chi connectivity index (χ0v) is 18.6. The van der Waals surface area contributed by atoms with Crippen molar-refractivity contribution in [3.05, 3.63) is 53.5 Å². The first kappa shape index (κ1) is 21.5. The number of nitrogens with zero attached hydrogens (tertiary/aromatic N) is 4. The van der Waals surface area contributed by atoms with Crippen molar-refractivity contribution in [2.24, 2.45) is 0 Å². The summed E-state index contributed by atoms with van der Waals surface area (Å²) >= 11 is 0. The predicted octanol–water partition coefficient (Wildman–Crippen LogP) is 3.73. The zero-order chi connectivity index (χ0) is 22.9. The molecule has 32 heavy (non-hydrogen) atoms. The second kappa shape index (κ2) is 8.43. The van der Waals surface area contributed by atoms with Crippen LogP contribution in [0.15, 0.2) is 36.7 Å². The Hall–Kier alpha value is -3.71.